The van der Waals surface area contributed by atoms with E-state index in [-0.39, 0.29) is 38.8 Å². The summed E-state index contributed by atoms with van der Waals surface area (Å²) < 4.78 is 38.2. The summed E-state index contributed by atoms with van der Waals surface area (Å²) in [4.78, 5) is 30.1. The van der Waals surface area contributed by atoms with Gasteiger partial charge in [-0.3, -0.25) is 9.59 Å². The number of hydrogen-bond acceptors (Lipinski definition) is 7. The van der Waals surface area contributed by atoms with Crippen LogP contribution in [0.25, 0.3) is 0 Å². The van der Waals surface area contributed by atoms with Crippen LogP contribution in [-0.4, -0.2) is 38.5 Å². The summed E-state index contributed by atoms with van der Waals surface area (Å²) in [6, 6.07) is 9.99. The van der Waals surface area contributed by atoms with Gasteiger partial charge < -0.3 is 13.8 Å². The number of ether oxygens (including phenoxy) is 1. The van der Waals surface area contributed by atoms with Crippen molar-refractivity contribution in [2.75, 3.05) is 13.7 Å². The second-order valence-electron chi connectivity index (χ2n) is 13.2. The largest absolute Gasteiger partial charge is 0.493 e. The summed E-state index contributed by atoms with van der Waals surface area (Å²) >= 11 is 2.04. The molecule has 0 radical (unpaired) electrons. The summed E-state index contributed by atoms with van der Waals surface area (Å²) in [5, 5.41) is 0. The maximum Gasteiger partial charge on any atom is 0.339 e. The third-order valence-electron chi connectivity index (χ3n) is 8.43. The highest BCUT2D eigenvalue weighted by atomic mass is 127. The number of carbonyl (C=O) groups excluding carboxylic acids is 2. The molecule has 3 aliphatic rings. The Hall–Kier alpha value is -2.66. The SMILES string of the molecule is CCN1C2=C(C(=O)CC(C)(C)C2)C(c2cc(I)c(OS(=O)(=O)c3ccc(C)cc3)c(OC)c2)C2=C1CC(C)(C)CC2=O. The normalized spacial score (nSPS) is 20.4. The lowest BCUT2D eigenvalue weighted by Gasteiger charge is -2.49. The summed E-state index contributed by atoms with van der Waals surface area (Å²) in [5.74, 6) is -0.170. The zero-order valence-corrected chi connectivity index (χ0v) is 28.2. The molecule has 0 unspecified atom stereocenters. The maximum atomic E-state index is 13.9. The molecule has 0 atom stereocenters. The Labute approximate surface area is 262 Å². The molecule has 0 N–H and O–H groups in total. The summed E-state index contributed by atoms with van der Waals surface area (Å²) in [7, 11) is -2.68. The molecule has 224 valence electrons. The molecule has 0 spiro atoms. The van der Waals surface area contributed by atoms with Crippen LogP contribution in [0.1, 0.15) is 77.3 Å². The maximum absolute atomic E-state index is 13.9. The Balaban J connectivity index is 1.68. The predicted octanol–water partition coefficient (Wildman–Crippen LogP) is 7.08. The Morgan fingerprint density at radius 1 is 0.905 bits per heavy atom. The first-order valence-corrected chi connectivity index (χ1v) is 16.7. The lowest BCUT2D eigenvalue weighted by molar-refractivity contribution is -0.119. The predicted molar refractivity (Wildman–Crippen MR) is 170 cm³/mol. The van der Waals surface area contributed by atoms with E-state index in [1.807, 2.05) is 35.6 Å². The fraction of sp³-hybridized carbons (Fsp3) is 0.455. The van der Waals surface area contributed by atoms with E-state index in [2.05, 4.69) is 39.5 Å². The highest BCUT2D eigenvalue weighted by Gasteiger charge is 2.49. The number of nitrogens with zero attached hydrogens (tertiary/aromatic N) is 1. The van der Waals surface area contributed by atoms with Crippen molar-refractivity contribution in [2.24, 2.45) is 10.8 Å². The van der Waals surface area contributed by atoms with Gasteiger partial charge in [-0.2, -0.15) is 8.42 Å². The third kappa shape index (κ3) is 5.54. The third-order valence-corrected chi connectivity index (χ3v) is 10.5. The number of allylic oxidation sites excluding steroid dienone is 4. The molecule has 0 bridgehead atoms. The number of Topliss-reactive ketones (excluding diaryl/α,β-unsaturated/α-hetero) is 2. The van der Waals surface area contributed by atoms with Crippen LogP contribution in [0, 0.1) is 21.3 Å². The topological polar surface area (TPSA) is 90.0 Å². The van der Waals surface area contributed by atoms with Crippen LogP contribution in [0.3, 0.4) is 0 Å². The van der Waals surface area contributed by atoms with Gasteiger partial charge in [0.15, 0.2) is 23.1 Å². The molecule has 2 aromatic rings. The molecule has 42 heavy (non-hydrogen) atoms. The van der Waals surface area contributed by atoms with E-state index in [0.29, 0.717) is 39.7 Å². The van der Waals surface area contributed by atoms with Crippen LogP contribution >= 0.6 is 22.6 Å². The van der Waals surface area contributed by atoms with Crippen LogP contribution in [0.4, 0.5) is 0 Å². The lowest BCUT2D eigenvalue weighted by atomic mass is 9.63. The minimum atomic E-state index is -4.13. The average Bonchev–Trinajstić information content (AvgIpc) is 2.87. The molecular formula is C33H38INO6S. The van der Waals surface area contributed by atoms with Crippen LogP contribution in [0.5, 0.6) is 11.5 Å². The standard InChI is InChI=1S/C33H38INO6S/c1-8-35-23-15-32(3,4)17-25(36)29(23)28(30-24(35)16-33(5,6)18-26(30)37)20-13-22(34)31(27(14-20)40-7)41-42(38,39)21-11-9-19(2)10-12-21/h9-14,28H,8,15-18H2,1-7H3. The zero-order valence-electron chi connectivity index (χ0n) is 25.3. The van der Waals surface area contributed by atoms with Gasteiger partial charge in [-0.1, -0.05) is 45.4 Å². The minimum Gasteiger partial charge on any atom is -0.493 e. The van der Waals surface area contributed by atoms with Crippen molar-refractivity contribution in [3.05, 3.63) is 73.6 Å². The first-order valence-electron chi connectivity index (χ1n) is 14.3. The van der Waals surface area contributed by atoms with Gasteiger partial charge in [0.2, 0.25) is 0 Å². The average molecular weight is 704 g/mol. The van der Waals surface area contributed by atoms with Crippen molar-refractivity contribution < 1.29 is 26.9 Å². The first kappa shape index (κ1) is 30.8. The molecule has 0 saturated carbocycles. The van der Waals surface area contributed by atoms with Crippen molar-refractivity contribution in [1.29, 1.82) is 0 Å². The number of methoxy groups -OCH3 is 1. The molecule has 9 heteroatoms. The lowest BCUT2D eigenvalue weighted by Crippen LogP contribution is -2.44. The van der Waals surface area contributed by atoms with E-state index < -0.39 is 16.0 Å². The second kappa shape index (κ2) is 10.8. The number of aryl methyl sites for hydroxylation is 1. The number of ketones is 2. The van der Waals surface area contributed by atoms with Gasteiger partial charge in [0.25, 0.3) is 0 Å². The fourth-order valence-electron chi connectivity index (χ4n) is 6.61. The van der Waals surface area contributed by atoms with E-state index >= 15 is 0 Å². The van der Waals surface area contributed by atoms with Gasteiger partial charge in [0.1, 0.15) is 4.90 Å². The Kier molecular flexibility index (Phi) is 7.92. The summed E-state index contributed by atoms with van der Waals surface area (Å²) in [5.41, 5.74) is 4.57. The van der Waals surface area contributed by atoms with Gasteiger partial charge >= 0.3 is 10.1 Å². The molecule has 0 amide bonds. The molecule has 2 aromatic carbocycles. The molecule has 2 aliphatic carbocycles. The van der Waals surface area contributed by atoms with Gasteiger partial charge in [-0.05, 0) is 89.9 Å². The molecule has 5 rings (SSSR count). The van der Waals surface area contributed by atoms with Crippen LogP contribution in [0.2, 0.25) is 0 Å². The molecule has 1 heterocycles. The number of benzene rings is 2. The van der Waals surface area contributed by atoms with Gasteiger partial charge in [-0.15, -0.1) is 0 Å². The highest BCUT2D eigenvalue weighted by Crippen LogP contribution is 2.55. The van der Waals surface area contributed by atoms with Crippen LogP contribution in [-0.2, 0) is 19.7 Å². The number of halogens is 1. The van der Waals surface area contributed by atoms with Crippen LogP contribution in [0.15, 0.2) is 63.8 Å². The molecule has 7 nitrogen and oxygen atoms in total. The van der Waals surface area contributed by atoms with E-state index in [1.54, 1.807) is 18.2 Å². The molecule has 0 saturated heterocycles. The highest BCUT2D eigenvalue weighted by molar-refractivity contribution is 14.1. The van der Waals surface area contributed by atoms with E-state index in [1.165, 1.54) is 19.2 Å². The number of hydrogen-bond donors (Lipinski definition) is 0. The fourth-order valence-corrected chi connectivity index (χ4v) is 8.45. The quantitative estimate of drug-likeness (QED) is 0.235. The number of carbonyl (C=O) groups is 2. The van der Waals surface area contributed by atoms with Crippen molar-refractivity contribution >= 4 is 44.3 Å². The monoisotopic (exact) mass is 703 g/mol. The first-order chi connectivity index (χ1) is 19.6. The van der Waals surface area contributed by atoms with Crippen molar-refractivity contribution in [3.63, 3.8) is 0 Å². The van der Waals surface area contributed by atoms with Crippen molar-refractivity contribution in [1.82, 2.24) is 4.90 Å². The van der Waals surface area contributed by atoms with E-state index in [4.69, 9.17) is 8.92 Å². The summed E-state index contributed by atoms with van der Waals surface area (Å²) in [6.07, 6.45) is 2.25. The minimum absolute atomic E-state index is 0.0393. The Morgan fingerprint density at radius 2 is 1.43 bits per heavy atom. The summed E-state index contributed by atoms with van der Waals surface area (Å²) in [6.45, 7) is 13.1. The van der Waals surface area contributed by atoms with E-state index in [0.717, 1.165) is 29.8 Å². The van der Waals surface area contributed by atoms with Gasteiger partial charge in [0, 0.05) is 47.8 Å². The zero-order chi connectivity index (χ0) is 30.8. The van der Waals surface area contributed by atoms with Gasteiger partial charge in [-0.25, -0.2) is 0 Å². The van der Waals surface area contributed by atoms with Crippen molar-refractivity contribution in [3.8, 4) is 11.5 Å². The molecule has 1 aliphatic heterocycles. The second-order valence-corrected chi connectivity index (χ2v) is 15.9. The Morgan fingerprint density at radius 3 is 1.90 bits per heavy atom. The smallest absolute Gasteiger partial charge is 0.339 e. The molecular weight excluding hydrogens is 665 g/mol. The molecule has 0 fully saturated rings. The van der Waals surface area contributed by atoms with Gasteiger partial charge in [0.05, 0.1) is 10.7 Å². The molecule has 0 aromatic heterocycles. The van der Waals surface area contributed by atoms with Crippen LogP contribution < -0.4 is 8.92 Å². The van der Waals surface area contributed by atoms with Crippen molar-refractivity contribution in [2.45, 2.75) is 78.0 Å². The van der Waals surface area contributed by atoms with E-state index in [9.17, 15) is 18.0 Å². The Bertz CT molecular complexity index is 1600. The number of rotatable bonds is 6.